The summed E-state index contributed by atoms with van der Waals surface area (Å²) in [7, 11) is 0. The SMILES string of the molecule is c1ccc(OC2CCC2)c(CNc2ccc3nnnn3n2)c1. The van der Waals surface area contributed by atoms with Crippen molar-refractivity contribution in [1.29, 1.82) is 0 Å². The van der Waals surface area contributed by atoms with Crippen molar-refractivity contribution < 1.29 is 4.74 Å². The Morgan fingerprint density at radius 3 is 2.95 bits per heavy atom. The van der Waals surface area contributed by atoms with E-state index >= 15 is 0 Å². The molecule has 0 aliphatic heterocycles. The topological polar surface area (TPSA) is 77.2 Å². The largest absolute Gasteiger partial charge is 0.490 e. The van der Waals surface area contributed by atoms with E-state index in [1.54, 1.807) is 0 Å². The number of benzene rings is 1. The van der Waals surface area contributed by atoms with Crippen molar-refractivity contribution >= 4 is 11.5 Å². The van der Waals surface area contributed by atoms with Gasteiger partial charge in [-0.2, -0.15) is 0 Å². The summed E-state index contributed by atoms with van der Waals surface area (Å²) >= 11 is 0. The molecule has 1 aromatic carbocycles. The Morgan fingerprint density at radius 2 is 2.09 bits per heavy atom. The molecule has 0 saturated heterocycles. The second kappa shape index (κ2) is 5.59. The number of tetrazole rings is 1. The highest BCUT2D eigenvalue weighted by Crippen LogP contribution is 2.27. The Kier molecular flexibility index (Phi) is 3.30. The quantitative estimate of drug-likeness (QED) is 0.776. The van der Waals surface area contributed by atoms with E-state index in [1.165, 1.54) is 11.1 Å². The second-order valence-electron chi connectivity index (χ2n) is 5.38. The summed E-state index contributed by atoms with van der Waals surface area (Å²) in [6, 6.07) is 11.8. The van der Waals surface area contributed by atoms with Crippen LogP contribution >= 0.6 is 0 Å². The first-order valence-electron chi connectivity index (χ1n) is 7.42. The molecule has 1 fully saturated rings. The molecule has 0 bridgehead atoms. The van der Waals surface area contributed by atoms with Gasteiger partial charge < -0.3 is 10.1 Å². The Hall–Kier alpha value is -2.70. The minimum Gasteiger partial charge on any atom is -0.490 e. The standard InChI is InChI=1S/C15H16N6O/c1-2-7-13(22-12-5-3-6-12)11(4-1)10-16-14-8-9-15-17-19-20-21(15)18-14/h1-2,4,7-9,12H,3,5-6,10H2,(H,16,18). The maximum absolute atomic E-state index is 6.03. The van der Waals surface area contributed by atoms with Gasteiger partial charge in [-0.15, -0.1) is 14.8 Å². The van der Waals surface area contributed by atoms with Crippen LogP contribution in [-0.2, 0) is 6.54 Å². The average Bonchev–Trinajstić information content (AvgIpc) is 2.97. The zero-order chi connectivity index (χ0) is 14.8. The predicted octanol–water partition coefficient (Wildman–Crippen LogP) is 2.06. The molecule has 0 spiro atoms. The number of para-hydroxylation sites is 1. The number of rotatable bonds is 5. The van der Waals surface area contributed by atoms with E-state index < -0.39 is 0 Å². The van der Waals surface area contributed by atoms with Gasteiger partial charge in [-0.25, -0.2) is 0 Å². The number of nitrogens with zero attached hydrogens (tertiary/aromatic N) is 5. The summed E-state index contributed by atoms with van der Waals surface area (Å²) in [4.78, 5) is 0. The van der Waals surface area contributed by atoms with Crippen LogP contribution in [0.1, 0.15) is 24.8 Å². The van der Waals surface area contributed by atoms with Crippen LogP contribution in [0.4, 0.5) is 5.82 Å². The Morgan fingerprint density at radius 1 is 1.18 bits per heavy atom. The number of nitrogens with one attached hydrogen (secondary N) is 1. The summed E-state index contributed by atoms with van der Waals surface area (Å²) in [6.45, 7) is 0.642. The van der Waals surface area contributed by atoms with Crippen molar-refractivity contribution in [2.24, 2.45) is 0 Å². The van der Waals surface area contributed by atoms with Crippen molar-refractivity contribution in [1.82, 2.24) is 25.3 Å². The van der Waals surface area contributed by atoms with Gasteiger partial charge in [0.15, 0.2) is 5.65 Å². The molecule has 2 heterocycles. The molecule has 1 aliphatic rings. The highest BCUT2D eigenvalue weighted by Gasteiger charge is 2.20. The predicted molar refractivity (Wildman–Crippen MR) is 80.6 cm³/mol. The van der Waals surface area contributed by atoms with Crippen LogP contribution in [0.3, 0.4) is 0 Å². The zero-order valence-electron chi connectivity index (χ0n) is 12.0. The minimum absolute atomic E-state index is 0.372. The third-order valence-electron chi connectivity index (χ3n) is 3.85. The molecule has 7 heteroatoms. The van der Waals surface area contributed by atoms with Crippen molar-refractivity contribution in [3.8, 4) is 5.75 Å². The van der Waals surface area contributed by atoms with E-state index in [9.17, 15) is 0 Å². The highest BCUT2D eigenvalue weighted by molar-refractivity contribution is 5.44. The number of anilines is 1. The summed E-state index contributed by atoms with van der Waals surface area (Å²) in [5, 5.41) is 18.8. The monoisotopic (exact) mass is 296 g/mol. The van der Waals surface area contributed by atoms with Crippen LogP contribution in [0.25, 0.3) is 5.65 Å². The number of ether oxygens (including phenoxy) is 1. The molecule has 1 saturated carbocycles. The van der Waals surface area contributed by atoms with E-state index in [-0.39, 0.29) is 0 Å². The van der Waals surface area contributed by atoms with Crippen molar-refractivity contribution in [2.45, 2.75) is 31.9 Å². The smallest absolute Gasteiger partial charge is 0.200 e. The molecule has 0 amide bonds. The Labute approximate surface area is 127 Å². The van der Waals surface area contributed by atoms with Gasteiger partial charge in [0.25, 0.3) is 0 Å². The third kappa shape index (κ3) is 2.57. The van der Waals surface area contributed by atoms with E-state index in [1.807, 2.05) is 30.3 Å². The Balaban J connectivity index is 1.48. The van der Waals surface area contributed by atoms with Gasteiger partial charge in [-0.1, -0.05) is 18.2 Å². The van der Waals surface area contributed by atoms with Gasteiger partial charge in [-0.3, -0.25) is 0 Å². The lowest BCUT2D eigenvalue weighted by molar-refractivity contribution is 0.119. The number of fused-ring (bicyclic) bond motifs is 1. The van der Waals surface area contributed by atoms with Crippen molar-refractivity contribution in [2.75, 3.05) is 5.32 Å². The molecule has 3 aromatic rings. The fourth-order valence-electron chi connectivity index (χ4n) is 2.36. The number of hydrogen-bond acceptors (Lipinski definition) is 6. The lowest BCUT2D eigenvalue weighted by Gasteiger charge is -2.27. The third-order valence-corrected chi connectivity index (χ3v) is 3.85. The van der Waals surface area contributed by atoms with Crippen LogP contribution in [0.2, 0.25) is 0 Å². The van der Waals surface area contributed by atoms with E-state index in [4.69, 9.17) is 4.74 Å². The lowest BCUT2D eigenvalue weighted by Crippen LogP contribution is -2.25. The Bertz CT molecular complexity index is 782. The molecular formula is C15H16N6O. The molecule has 22 heavy (non-hydrogen) atoms. The van der Waals surface area contributed by atoms with Crippen LogP contribution in [0.15, 0.2) is 36.4 Å². The maximum atomic E-state index is 6.03. The van der Waals surface area contributed by atoms with Gasteiger partial charge >= 0.3 is 0 Å². The molecule has 112 valence electrons. The van der Waals surface area contributed by atoms with E-state index in [2.05, 4.69) is 32.0 Å². The first kappa shape index (κ1) is 13.0. The van der Waals surface area contributed by atoms with Gasteiger partial charge in [-0.05, 0) is 47.9 Å². The molecule has 2 aromatic heterocycles. The molecular weight excluding hydrogens is 280 g/mol. The summed E-state index contributed by atoms with van der Waals surface area (Å²) in [5.74, 6) is 1.67. The average molecular weight is 296 g/mol. The second-order valence-corrected chi connectivity index (χ2v) is 5.38. The lowest BCUT2D eigenvalue weighted by atomic mass is 9.96. The van der Waals surface area contributed by atoms with Gasteiger partial charge in [0.05, 0.1) is 6.10 Å². The molecule has 7 nitrogen and oxygen atoms in total. The summed E-state index contributed by atoms with van der Waals surface area (Å²) in [5.41, 5.74) is 1.74. The molecule has 1 N–H and O–H groups in total. The fourth-order valence-corrected chi connectivity index (χ4v) is 2.36. The number of aromatic nitrogens is 5. The fraction of sp³-hybridized carbons (Fsp3) is 0.333. The molecule has 0 radical (unpaired) electrons. The maximum Gasteiger partial charge on any atom is 0.200 e. The van der Waals surface area contributed by atoms with Crippen LogP contribution < -0.4 is 10.1 Å². The van der Waals surface area contributed by atoms with Crippen LogP contribution in [0, 0.1) is 0 Å². The van der Waals surface area contributed by atoms with Crippen molar-refractivity contribution in [3.05, 3.63) is 42.0 Å². The van der Waals surface area contributed by atoms with Gasteiger partial charge in [0.1, 0.15) is 11.6 Å². The van der Waals surface area contributed by atoms with Gasteiger partial charge in [0.2, 0.25) is 0 Å². The van der Waals surface area contributed by atoms with Gasteiger partial charge in [0, 0.05) is 12.1 Å². The normalized spacial score (nSPS) is 14.7. The first-order chi connectivity index (χ1) is 10.9. The van der Waals surface area contributed by atoms with E-state index in [0.29, 0.717) is 18.3 Å². The molecule has 4 rings (SSSR count). The van der Waals surface area contributed by atoms with Crippen molar-refractivity contribution in [3.63, 3.8) is 0 Å². The minimum atomic E-state index is 0.372. The first-order valence-corrected chi connectivity index (χ1v) is 7.42. The van der Waals surface area contributed by atoms with Crippen LogP contribution in [0.5, 0.6) is 5.75 Å². The molecule has 0 unspecified atom stereocenters. The zero-order valence-corrected chi connectivity index (χ0v) is 12.0. The molecule has 1 aliphatic carbocycles. The summed E-state index contributed by atoms with van der Waals surface area (Å²) < 4.78 is 7.43. The summed E-state index contributed by atoms with van der Waals surface area (Å²) in [6.07, 6.45) is 3.94. The molecule has 0 atom stereocenters. The number of hydrogen-bond donors (Lipinski definition) is 1. The highest BCUT2D eigenvalue weighted by atomic mass is 16.5. The van der Waals surface area contributed by atoms with E-state index in [0.717, 1.165) is 30.0 Å². The van der Waals surface area contributed by atoms with Crippen LogP contribution in [-0.4, -0.2) is 31.4 Å².